The number of H-pyrrole nitrogens is 2. The van der Waals surface area contributed by atoms with Gasteiger partial charge in [0, 0.05) is 35.1 Å². The van der Waals surface area contributed by atoms with Gasteiger partial charge in [0.15, 0.2) is 0 Å². The average Bonchev–Trinajstić information content (AvgIpc) is 3.10. The summed E-state index contributed by atoms with van der Waals surface area (Å²) in [6, 6.07) is 6.63. The van der Waals surface area contributed by atoms with Crippen LogP contribution in [0.2, 0.25) is 0 Å². The second-order valence-electron chi connectivity index (χ2n) is 6.93. The van der Waals surface area contributed by atoms with Crippen LogP contribution in [0.3, 0.4) is 0 Å². The van der Waals surface area contributed by atoms with E-state index in [-0.39, 0.29) is 23.4 Å². The second-order valence-corrected chi connectivity index (χ2v) is 6.93. The predicted octanol–water partition coefficient (Wildman–Crippen LogP) is 1.78. The molecule has 0 bridgehead atoms. The lowest BCUT2D eigenvalue weighted by Crippen LogP contribution is -2.25. The van der Waals surface area contributed by atoms with Crippen LogP contribution in [0.5, 0.6) is 0 Å². The first-order chi connectivity index (χ1) is 12.3. The van der Waals surface area contributed by atoms with E-state index in [1.165, 1.54) is 6.07 Å². The van der Waals surface area contributed by atoms with Crippen LogP contribution in [-0.4, -0.2) is 31.1 Å². The number of aromatic amines is 2. The molecule has 3 rings (SSSR count). The summed E-state index contributed by atoms with van der Waals surface area (Å²) in [4.78, 5) is 35.2. The van der Waals surface area contributed by atoms with E-state index in [9.17, 15) is 9.59 Å². The monoisotopic (exact) mass is 352 g/mol. The number of carbonyl (C=O) groups is 1. The first-order valence-corrected chi connectivity index (χ1v) is 8.17. The van der Waals surface area contributed by atoms with Crippen LogP contribution in [-0.2, 0) is 12.0 Å². The zero-order valence-electron chi connectivity index (χ0n) is 14.8. The molecule has 8 nitrogen and oxygen atoms in total. The SMILES string of the molecule is CC(C)(C)c1cc(C(=O)NCc2cc(=O)[nH]c(-c3cccnc3)n2)n[nH]1. The van der Waals surface area contributed by atoms with Gasteiger partial charge in [-0.25, -0.2) is 4.98 Å². The summed E-state index contributed by atoms with van der Waals surface area (Å²) in [5, 5.41) is 9.65. The lowest BCUT2D eigenvalue weighted by atomic mass is 9.92. The third-order valence-corrected chi connectivity index (χ3v) is 3.78. The van der Waals surface area contributed by atoms with Gasteiger partial charge >= 0.3 is 0 Å². The molecule has 0 saturated heterocycles. The van der Waals surface area contributed by atoms with Crippen LogP contribution < -0.4 is 10.9 Å². The van der Waals surface area contributed by atoms with Crippen molar-refractivity contribution in [1.82, 2.24) is 30.5 Å². The fourth-order valence-electron chi connectivity index (χ4n) is 2.32. The van der Waals surface area contributed by atoms with Crippen LogP contribution in [0.25, 0.3) is 11.4 Å². The van der Waals surface area contributed by atoms with E-state index < -0.39 is 0 Å². The van der Waals surface area contributed by atoms with Crippen molar-refractivity contribution in [1.29, 1.82) is 0 Å². The van der Waals surface area contributed by atoms with E-state index in [1.807, 2.05) is 20.8 Å². The Hall–Kier alpha value is -3.29. The standard InChI is InChI=1S/C18H20N6O2/c1-18(2,3)14-8-13(23-24-14)17(26)20-10-12-7-15(25)22-16(21-12)11-5-4-6-19-9-11/h4-9H,10H2,1-3H3,(H,20,26)(H,23,24)(H,21,22,25). The van der Waals surface area contributed by atoms with Crippen LogP contribution in [0.4, 0.5) is 0 Å². The minimum absolute atomic E-state index is 0.119. The van der Waals surface area contributed by atoms with Gasteiger partial charge in [0.25, 0.3) is 11.5 Å². The molecule has 3 aromatic heterocycles. The van der Waals surface area contributed by atoms with E-state index in [4.69, 9.17) is 0 Å². The fraction of sp³-hybridized carbons (Fsp3) is 0.278. The summed E-state index contributed by atoms with van der Waals surface area (Å²) in [6.45, 7) is 6.21. The molecule has 3 heterocycles. The Morgan fingerprint density at radius 1 is 1.27 bits per heavy atom. The highest BCUT2D eigenvalue weighted by Crippen LogP contribution is 2.20. The van der Waals surface area contributed by atoms with Gasteiger partial charge in [-0.15, -0.1) is 0 Å². The van der Waals surface area contributed by atoms with Crippen molar-refractivity contribution < 1.29 is 4.79 Å². The number of hydrogen-bond acceptors (Lipinski definition) is 5. The molecule has 3 N–H and O–H groups in total. The first kappa shape index (κ1) is 17.5. The second kappa shape index (κ2) is 6.91. The molecule has 1 amide bonds. The average molecular weight is 352 g/mol. The molecule has 3 aromatic rings. The molecular formula is C18H20N6O2. The van der Waals surface area contributed by atoms with Crippen molar-refractivity contribution in [2.75, 3.05) is 0 Å². The molecule has 0 unspecified atom stereocenters. The molecule has 0 saturated carbocycles. The molecule has 0 fully saturated rings. The molecule has 0 aromatic carbocycles. The highest BCUT2D eigenvalue weighted by molar-refractivity contribution is 5.92. The van der Waals surface area contributed by atoms with E-state index in [2.05, 4.69) is 30.5 Å². The molecule has 0 aliphatic heterocycles. The summed E-state index contributed by atoms with van der Waals surface area (Å²) in [7, 11) is 0. The normalized spacial score (nSPS) is 11.3. The van der Waals surface area contributed by atoms with E-state index in [1.54, 1.807) is 30.6 Å². The molecule has 0 atom stereocenters. The largest absolute Gasteiger partial charge is 0.345 e. The molecule has 26 heavy (non-hydrogen) atoms. The van der Waals surface area contributed by atoms with Gasteiger partial charge in [-0.2, -0.15) is 5.10 Å². The fourth-order valence-corrected chi connectivity index (χ4v) is 2.32. The summed E-state index contributed by atoms with van der Waals surface area (Å²) < 4.78 is 0. The molecule has 0 aliphatic rings. The molecule has 0 radical (unpaired) electrons. The van der Waals surface area contributed by atoms with Gasteiger partial charge < -0.3 is 10.3 Å². The van der Waals surface area contributed by atoms with Gasteiger partial charge in [-0.1, -0.05) is 20.8 Å². The number of nitrogens with zero attached hydrogens (tertiary/aromatic N) is 3. The van der Waals surface area contributed by atoms with Crippen LogP contribution in [0.15, 0.2) is 41.5 Å². The third-order valence-electron chi connectivity index (χ3n) is 3.78. The van der Waals surface area contributed by atoms with Crippen molar-refractivity contribution >= 4 is 5.91 Å². The van der Waals surface area contributed by atoms with E-state index >= 15 is 0 Å². The van der Waals surface area contributed by atoms with Crippen molar-refractivity contribution in [2.45, 2.75) is 32.7 Å². The lowest BCUT2D eigenvalue weighted by molar-refractivity contribution is 0.0945. The van der Waals surface area contributed by atoms with Gasteiger partial charge in [0.1, 0.15) is 11.5 Å². The number of carbonyl (C=O) groups excluding carboxylic acids is 1. The molecule has 134 valence electrons. The topological polar surface area (TPSA) is 116 Å². The smallest absolute Gasteiger partial charge is 0.272 e. The molecular weight excluding hydrogens is 332 g/mol. The number of rotatable bonds is 4. The van der Waals surface area contributed by atoms with Crippen molar-refractivity contribution in [3.8, 4) is 11.4 Å². The van der Waals surface area contributed by atoms with Gasteiger partial charge in [-0.05, 0) is 18.2 Å². The minimum Gasteiger partial charge on any atom is -0.345 e. The van der Waals surface area contributed by atoms with Crippen molar-refractivity contribution in [3.05, 3.63) is 64.1 Å². The predicted molar refractivity (Wildman–Crippen MR) is 96.5 cm³/mol. The van der Waals surface area contributed by atoms with E-state index in [0.29, 0.717) is 22.8 Å². The van der Waals surface area contributed by atoms with Crippen LogP contribution in [0, 0.1) is 0 Å². The number of hydrogen-bond donors (Lipinski definition) is 3. The first-order valence-electron chi connectivity index (χ1n) is 8.17. The van der Waals surface area contributed by atoms with E-state index in [0.717, 1.165) is 5.69 Å². The van der Waals surface area contributed by atoms with Crippen LogP contribution in [0.1, 0.15) is 42.6 Å². The highest BCUT2D eigenvalue weighted by atomic mass is 16.2. The quantitative estimate of drug-likeness (QED) is 0.662. The van der Waals surface area contributed by atoms with Crippen molar-refractivity contribution in [3.63, 3.8) is 0 Å². The van der Waals surface area contributed by atoms with Gasteiger partial charge in [0.2, 0.25) is 0 Å². The summed E-state index contributed by atoms with van der Waals surface area (Å²) >= 11 is 0. The van der Waals surface area contributed by atoms with Crippen molar-refractivity contribution in [2.24, 2.45) is 0 Å². The Labute approximate surface area is 150 Å². The zero-order chi connectivity index (χ0) is 18.7. The maximum absolute atomic E-state index is 12.3. The van der Waals surface area contributed by atoms with Gasteiger partial charge in [0.05, 0.1) is 12.2 Å². The summed E-state index contributed by atoms with van der Waals surface area (Å²) in [5.41, 5.74) is 1.90. The Morgan fingerprint density at radius 3 is 2.73 bits per heavy atom. The lowest BCUT2D eigenvalue weighted by Gasteiger charge is -2.14. The number of pyridine rings is 1. The van der Waals surface area contributed by atoms with Gasteiger partial charge in [-0.3, -0.25) is 19.7 Å². The molecule has 8 heteroatoms. The maximum atomic E-state index is 12.3. The van der Waals surface area contributed by atoms with Crippen LogP contribution >= 0.6 is 0 Å². The Kier molecular flexibility index (Phi) is 4.66. The zero-order valence-corrected chi connectivity index (χ0v) is 14.8. The highest BCUT2D eigenvalue weighted by Gasteiger charge is 2.19. The summed E-state index contributed by atoms with van der Waals surface area (Å²) in [6.07, 6.45) is 3.25. The minimum atomic E-state index is -0.332. The molecule has 0 spiro atoms. The Morgan fingerprint density at radius 2 is 2.08 bits per heavy atom. The number of amides is 1. The third kappa shape index (κ3) is 4.02. The maximum Gasteiger partial charge on any atom is 0.272 e. The molecule has 0 aliphatic carbocycles. The Bertz CT molecular complexity index is 969. The summed E-state index contributed by atoms with van der Waals surface area (Å²) in [5.74, 6) is 0.0754. The number of nitrogens with one attached hydrogen (secondary N) is 3. The Balaban J connectivity index is 1.74. The number of aromatic nitrogens is 5.